The van der Waals surface area contributed by atoms with Crippen LogP contribution in [-0.4, -0.2) is 14.6 Å². The highest BCUT2D eigenvalue weighted by molar-refractivity contribution is 5.38. The highest BCUT2D eigenvalue weighted by Crippen LogP contribution is 2.12. The summed E-state index contributed by atoms with van der Waals surface area (Å²) in [4.78, 5) is 4.43. The molecular formula is C11H15N3. The van der Waals surface area contributed by atoms with Crippen LogP contribution in [0.1, 0.15) is 38.1 Å². The largest absolute Gasteiger partial charge is 0.232 e. The molecule has 14 heavy (non-hydrogen) atoms. The fourth-order valence-corrected chi connectivity index (χ4v) is 1.42. The molecule has 2 aromatic heterocycles. The Morgan fingerprint density at radius 1 is 1.36 bits per heavy atom. The number of rotatable bonds is 2. The van der Waals surface area contributed by atoms with Crippen molar-refractivity contribution in [2.24, 2.45) is 0 Å². The van der Waals surface area contributed by atoms with Crippen LogP contribution in [0.2, 0.25) is 0 Å². The molecule has 0 spiro atoms. The zero-order valence-corrected chi connectivity index (χ0v) is 8.86. The van der Waals surface area contributed by atoms with Gasteiger partial charge >= 0.3 is 0 Å². The molecule has 0 amide bonds. The Morgan fingerprint density at radius 3 is 2.79 bits per heavy atom. The molecule has 3 nitrogen and oxygen atoms in total. The number of imidazole rings is 1. The Labute approximate surface area is 83.8 Å². The van der Waals surface area contributed by atoms with E-state index in [9.17, 15) is 0 Å². The van der Waals surface area contributed by atoms with Gasteiger partial charge in [-0.15, -0.1) is 0 Å². The minimum atomic E-state index is 0.465. The molecule has 74 valence electrons. The van der Waals surface area contributed by atoms with Crippen molar-refractivity contribution in [3.8, 4) is 0 Å². The lowest BCUT2D eigenvalue weighted by Gasteiger charge is -2.02. The second kappa shape index (κ2) is 3.40. The first-order chi connectivity index (χ1) is 6.70. The van der Waals surface area contributed by atoms with Crippen molar-refractivity contribution in [3.63, 3.8) is 0 Å². The van der Waals surface area contributed by atoms with Gasteiger partial charge in [-0.1, -0.05) is 20.8 Å². The Hall–Kier alpha value is -1.38. The van der Waals surface area contributed by atoms with Gasteiger partial charge in [0.2, 0.25) is 0 Å². The second-order valence-electron chi connectivity index (χ2n) is 3.80. The lowest BCUT2D eigenvalue weighted by atomic mass is 10.1. The van der Waals surface area contributed by atoms with E-state index in [1.165, 1.54) is 0 Å². The highest BCUT2D eigenvalue weighted by atomic mass is 15.2. The van der Waals surface area contributed by atoms with Crippen molar-refractivity contribution in [2.75, 3.05) is 0 Å². The first-order valence-corrected chi connectivity index (χ1v) is 5.06. The third-order valence-electron chi connectivity index (χ3n) is 2.34. The molecule has 0 radical (unpaired) electrons. The molecule has 0 saturated carbocycles. The van der Waals surface area contributed by atoms with E-state index in [-0.39, 0.29) is 0 Å². The fraction of sp³-hybridized carbons (Fsp3) is 0.455. The standard InChI is InChI=1S/C11H15N3/c1-4-9-7-14-11(12-9)6-5-10(13-14)8(2)3/h5-8H,4H2,1-3H3. The number of nitrogens with zero attached hydrogens (tertiary/aromatic N) is 3. The number of hydrogen-bond donors (Lipinski definition) is 0. The Morgan fingerprint density at radius 2 is 2.14 bits per heavy atom. The van der Waals surface area contributed by atoms with Gasteiger partial charge in [-0.25, -0.2) is 9.50 Å². The zero-order chi connectivity index (χ0) is 10.1. The molecular weight excluding hydrogens is 174 g/mol. The van der Waals surface area contributed by atoms with Crippen LogP contribution >= 0.6 is 0 Å². The van der Waals surface area contributed by atoms with Crippen molar-refractivity contribution < 1.29 is 0 Å². The Bertz CT molecular complexity index is 443. The summed E-state index contributed by atoms with van der Waals surface area (Å²) < 4.78 is 1.87. The molecule has 3 heteroatoms. The molecule has 0 fully saturated rings. The third kappa shape index (κ3) is 1.50. The second-order valence-corrected chi connectivity index (χ2v) is 3.80. The zero-order valence-electron chi connectivity index (χ0n) is 8.86. The molecule has 2 heterocycles. The van der Waals surface area contributed by atoms with Crippen LogP contribution in [0.15, 0.2) is 18.3 Å². The third-order valence-corrected chi connectivity index (χ3v) is 2.34. The quantitative estimate of drug-likeness (QED) is 0.726. The van der Waals surface area contributed by atoms with E-state index in [1.807, 2.05) is 22.8 Å². The first kappa shape index (κ1) is 9.19. The number of aromatic nitrogens is 3. The van der Waals surface area contributed by atoms with Crippen molar-refractivity contribution in [3.05, 3.63) is 29.7 Å². The van der Waals surface area contributed by atoms with E-state index in [2.05, 4.69) is 30.9 Å². The maximum atomic E-state index is 4.50. The van der Waals surface area contributed by atoms with E-state index in [1.54, 1.807) is 0 Å². The lowest BCUT2D eigenvalue weighted by molar-refractivity contribution is 0.763. The number of hydrogen-bond acceptors (Lipinski definition) is 2. The Kier molecular flexibility index (Phi) is 2.23. The first-order valence-electron chi connectivity index (χ1n) is 5.06. The van der Waals surface area contributed by atoms with Gasteiger partial charge in [0.05, 0.1) is 17.6 Å². The molecule has 0 aliphatic heterocycles. The highest BCUT2D eigenvalue weighted by Gasteiger charge is 2.04. The van der Waals surface area contributed by atoms with E-state index in [4.69, 9.17) is 0 Å². The summed E-state index contributed by atoms with van der Waals surface area (Å²) >= 11 is 0. The normalized spacial score (nSPS) is 11.4. The van der Waals surface area contributed by atoms with Gasteiger partial charge < -0.3 is 0 Å². The molecule has 0 N–H and O–H groups in total. The van der Waals surface area contributed by atoms with Gasteiger partial charge in [0.25, 0.3) is 0 Å². The van der Waals surface area contributed by atoms with Gasteiger partial charge in [-0.2, -0.15) is 5.10 Å². The number of aryl methyl sites for hydroxylation is 1. The predicted octanol–water partition coefficient (Wildman–Crippen LogP) is 2.42. The maximum absolute atomic E-state index is 4.50. The van der Waals surface area contributed by atoms with Crippen molar-refractivity contribution in [1.29, 1.82) is 0 Å². The van der Waals surface area contributed by atoms with Gasteiger partial charge in [0.1, 0.15) is 0 Å². The Balaban J connectivity index is 2.54. The van der Waals surface area contributed by atoms with Crippen LogP contribution in [-0.2, 0) is 6.42 Å². The average Bonchev–Trinajstić information content (AvgIpc) is 2.58. The van der Waals surface area contributed by atoms with Crippen LogP contribution in [0.5, 0.6) is 0 Å². The summed E-state index contributed by atoms with van der Waals surface area (Å²) in [5.41, 5.74) is 3.14. The van der Waals surface area contributed by atoms with E-state index in [0.29, 0.717) is 5.92 Å². The summed E-state index contributed by atoms with van der Waals surface area (Å²) in [6.45, 7) is 6.39. The molecule has 0 unspecified atom stereocenters. The molecule has 0 atom stereocenters. The van der Waals surface area contributed by atoms with E-state index < -0.39 is 0 Å². The van der Waals surface area contributed by atoms with Gasteiger partial charge in [0.15, 0.2) is 5.65 Å². The van der Waals surface area contributed by atoms with Crippen LogP contribution in [0, 0.1) is 0 Å². The van der Waals surface area contributed by atoms with Crippen molar-refractivity contribution in [2.45, 2.75) is 33.1 Å². The molecule has 2 rings (SSSR count). The summed E-state index contributed by atoms with van der Waals surface area (Å²) in [5.74, 6) is 0.465. The summed E-state index contributed by atoms with van der Waals surface area (Å²) in [7, 11) is 0. The minimum absolute atomic E-state index is 0.465. The summed E-state index contributed by atoms with van der Waals surface area (Å²) in [6, 6.07) is 4.08. The summed E-state index contributed by atoms with van der Waals surface area (Å²) in [5, 5.41) is 4.50. The van der Waals surface area contributed by atoms with Crippen LogP contribution < -0.4 is 0 Å². The van der Waals surface area contributed by atoms with Crippen LogP contribution in [0.4, 0.5) is 0 Å². The molecule has 0 saturated heterocycles. The monoisotopic (exact) mass is 189 g/mol. The fourth-order valence-electron chi connectivity index (χ4n) is 1.42. The summed E-state index contributed by atoms with van der Waals surface area (Å²) in [6.07, 6.45) is 2.96. The van der Waals surface area contributed by atoms with Crippen molar-refractivity contribution >= 4 is 5.65 Å². The molecule has 0 bridgehead atoms. The molecule has 2 aromatic rings. The average molecular weight is 189 g/mol. The molecule has 0 aromatic carbocycles. The van der Waals surface area contributed by atoms with E-state index >= 15 is 0 Å². The number of fused-ring (bicyclic) bond motifs is 1. The van der Waals surface area contributed by atoms with Crippen LogP contribution in [0.3, 0.4) is 0 Å². The van der Waals surface area contributed by atoms with Crippen molar-refractivity contribution in [1.82, 2.24) is 14.6 Å². The minimum Gasteiger partial charge on any atom is -0.232 e. The SMILES string of the molecule is CCc1cn2nc(C(C)C)ccc2n1. The maximum Gasteiger partial charge on any atom is 0.153 e. The predicted molar refractivity (Wildman–Crippen MR) is 56.5 cm³/mol. The topological polar surface area (TPSA) is 30.2 Å². The smallest absolute Gasteiger partial charge is 0.153 e. The lowest BCUT2D eigenvalue weighted by Crippen LogP contribution is -1.98. The molecule has 0 aliphatic rings. The van der Waals surface area contributed by atoms with Crippen LogP contribution in [0.25, 0.3) is 5.65 Å². The van der Waals surface area contributed by atoms with E-state index in [0.717, 1.165) is 23.5 Å². The van der Waals surface area contributed by atoms with Gasteiger partial charge in [-0.3, -0.25) is 0 Å². The molecule has 0 aliphatic carbocycles. The van der Waals surface area contributed by atoms with Gasteiger partial charge in [0, 0.05) is 0 Å². The van der Waals surface area contributed by atoms with Gasteiger partial charge in [-0.05, 0) is 24.5 Å².